The highest BCUT2D eigenvalue weighted by atomic mass is 32.2. The molecule has 5 rings (SSSR count). The number of aromatic nitrogens is 5. The van der Waals surface area contributed by atoms with Crippen LogP contribution < -0.4 is 10.6 Å². The maximum absolute atomic E-state index is 12.6. The number of tetrazole rings is 1. The van der Waals surface area contributed by atoms with Gasteiger partial charge < -0.3 is 10.6 Å². The molecule has 0 bridgehead atoms. The Morgan fingerprint density at radius 2 is 1.59 bits per heavy atom. The molecule has 0 unspecified atom stereocenters. The molecular formula is C27H25N7O2S3. The molecule has 2 N–H and O–H groups in total. The van der Waals surface area contributed by atoms with E-state index in [0.717, 1.165) is 25.9 Å². The van der Waals surface area contributed by atoms with Crippen molar-refractivity contribution in [1.29, 1.82) is 0 Å². The topological polar surface area (TPSA) is 115 Å². The average Bonchev–Trinajstić information content (AvgIpc) is 3.58. The maximum Gasteiger partial charge on any atom is 0.234 e. The van der Waals surface area contributed by atoms with Crippen molar-refractivity contribution < 1.29 is 9.59 Å². The van der Waals surface area contributed by atoms with Gasteiger partial charge in [0.1, 0.15) is 0 Å². The van der Waals surface area contributed by atoms with Crippen molar-refractivity contribution in [2.24, 2.45) is 0 Å². The van der Waals surface area contributed by atoms with E-state index in [9.17, 15) is 9.59 Å². The lowest BCUT2D eigenvalue weighted by molar-refractivity contribution is -0.114. The molecule has 0 radical (unpaired) electrons. The third kappa shape index (κ3) is 7.02. The van der Waals surface area contributed by atoms with E-state index >= 15 is 0 Å². The molecule has 39 heavy (non-hydrogen) atoms. The molecule has 0 saturated heterocycles. The van der Waals surface area contributed by atoms with Crippen molar-refractivity contribution in [3.05, 3.63) is 78.4 Å². The molecule has 0 saturated carbocycles. The first-order valence-corrected chi connectivity index (χ1v) is 14.9. The van der Waals surface area contributed by atoms with Crippen LogP contribution in [-0.4, -0.2) is 48.5 Å². The van der Waals surface area contributed by atoms with Gasteiger partial charge in [-0.3, -0.25) is 9.59 Å². The number of amides is 2. The monoisotopic (exact) mass is 575 g/mol. The number of benzene rings is 3. The Morgan fingerprint density at radius 1 is 0.897 bits per heavy atom. The van der Waals surface area contributed by atoms with E-state index < -0.39 is 0 Å². The predicted molar refractivity (Wildman–Crippen MR) is 158 cm³/mol. The van der Waals surface area contributed by atoms with Crippen LogP contribution in [0.1, 0.15) is 25.3 Å². The molecule has 198 valence electrons. The number of nitrogens with zero attached hydrogens (tertiary/aromatic N) is 5. The molecule has 0 atom stereocenters. The summed E-state index contributed by atoms with van der Waals surface area (Å²) in [6.07, 6.45) is 0. The number of rotatable bonds is 10. The van der Waals surface area contributed by atoms with E-state index in [1.54, 1.807) is 4.68 Å². The molecular weight excluding hydrogens is 551 g/mol. The number of fused-ring (bicyclic) bond motifs is 1. The number of hydrogen-bond acceptors (Lipinski definition) is 9. The predicted octanol–water partition coefficient (Wildman–Crippen LogP) is 5.86. The summed E-state index contributed by atoms with van der Waals surface area (Å²) < 4.78 is 3.33. The number of para-hydroxylation sites is 1. The molecule has 5 aromatic rings. The summed E-state index contributed by atoms with van der Waals surface area (Å²) in [7, 11) is 0. The number of carbonyl (C=O) groups excluding carboxylic acids is 2. The van der Waals surface area contributed by atoms with E-state index in [1.807, 2.05) is 72.8 Å². The van der Waals surface area contributed by atoms with Gasteiger partial charge in [0.05, 0.1) is 27.4 Å². The third-order valence-corrected chi connectivity index (χ3v) is 8.69. The first-order valence-electron chi connectivity index (χ1n) is 12.1. The van der Waals surface area contributed by atoms with Crippen LogP contribution in [0.25, 0.3) is 15.9 Å². The van der Waals surface area contributed by atoms with Crippen molar-refractivity contribution in [3.63, 3.8) is 0 Å². The minimum absolute atomic E-state index is 0.0831. The molecule has 12 heteroatoms. The molecule has 9 nitrogen and oxygen atoms in total. The molecule has 0 aliphatic heterocycles. The SMILES string of the molecule is CC(C)c1ccc(NC(=O)CSc2nc3ccc(NC(=O)CSc4nnnn4-c4ccccc4)cc3s2)cc1. The molecule has 3 aromatic carbocycles. The van der Waals surface area contributed by atoms with Crippen molar-refractivity contribution in [3.8, 4) is 5.69 Å². The summed E-state index contributed by atoms with van der Waals surface area (Å²) in [6.45, 7) is 4.27. The largest absolute Gasteiger partial charge is 0.325 e. The Bertz CT molecular complexity index is 1580. The van der Waals surface area contributed by atoms with Gasteiger partial charge >= 0.3 is 0 Å². The van der Waals surface area contributed by atoms with Gasteiger partial charge in [-0.2, -0.15) is 4.68 Å². The first-order chi connectivity index (χ1) is 18.9. The van der Waals surface area contributed by atoms with Crippen LogP contribution in [0.5, 0.6) is 0 Å². The van der Waals surface area contributed by atoms with Gasteiger partial charge in [0.15, 0.2) is 4.34 Å². The van der Waals surface area contributed by atoms with E-state index in [-0.39, 0.29) is 23.3 Å². The van der Waals surface area contributed by atoms with Crippen LogP contribution in [0, 0.1) is 0 Å². The minimum Gasteiger partial charge on any atom is -0.325 e. The summed E-state index contributed by atoms with van der Waals surface area (Å²) in [6, 6.07) is 23.0. The van der Waals surface area contributed by atoms with Gasteiger partial charge in [0.25, 0.3) is 0 Å². The van der Waals surface area contributed by atoms with Crippen LogP contribution in [0.2, 0.25) is 0 Å². The zero-order chi connectivity index (χ0) is 27.2. The maximum atomic E-state index is 12.6. The third-order valence-electron chi connectivity index (χ3n) is 5.61. The number of nitrogens with one attached hydrogen (secondary N) is 2. The highest BCUT2D eigenvalue weighted by Crippen LogP contribution is 2.31. The Morgan fingerprint density at radius 3 is 2.33 bits per heavy atom. The smallest absolute Gasteiger partial charge is 0.234 e. The fraction of sp³-hybridized carbons (Fsp3) is 0.185. The van der Waals surface area contributed by atoms with Crippen LogP contribution >= 0.6 is 34.9 Å². The summed E-state index contributed by atoms with van der Waals surface area (Å²) in [5, 5.41) is 18.2. The fourth-order valence-electron chi connectivity index (χ4n) is 3.65. The van der Waals surface area contributed by atoms with E-state index in [1.165, 1.54) is 40.4 Å². The molecule has 0 spiro atoms. The van der Waals surface area contributed by atoms with Gasteiger partial charge in [-0.05, 0) is 64.4 Å². The van der Waals surface area contributed by atoms with Crippen LogP contribution in [0.3, 0.4) is 0 Å². The summed E-state index contributed by atoms with van der Waals surface area (Å²) >= 11 is 4.14. The Balaban J connectivity index is 1.13. The Kier molecular flexibility index (Phi) is 8.54. The highest BCUT2D eigenvalue weighted by Gasteiger charge is 2.13. The van der Waals surface area contributed by atoms with E-state index in [0.29, 0.717) is 16.8 Å². The second kappa shape index (κ2) is 12.4. The molecule has 0 aliphatic carbocycles. The van der Waals surface area contributed by atoms with Gasteiger partial charge in [-0.25, -0.2) is 4.98 Å². The summed E-state index contributed by atoms with van der Waals surface area (Å²) in [5.41, 5.74) is 4.34. The lowest BCUT2D eigenvalue weighted by Gasteiger charge is -2.08. The lowest BCUT2D eigenvalue weighted by Crippen LogP contribution is -2.14. The minimum atomic E-state index is -0.167. The molecule has 2 aromatic heterocycles. The summed E-state index contributed by atoms with van der Waals surface area (Å²) in [4.78, 5) is 29.6. The zero-order valence-corrected chi connectivity index (χ0v) is 23.6. The van der Waals surface area contributed by atoms with Crippen LogP contribution in [0.4, 0.5) is 11.4 Å². The number of anilines is 2. The average molecular weight is 576 g/mol. The van der Waals surface area contributed by atoms with Gasteiger partial charge in [0.2, 0.25) is 17.0 Å². The Hall–Kier alpha value is -3.74. The molecule has 0 fully saturated rings. The second-order valence-electron chi connectivity index (χ2n) is 8.82. The van der Waals surface area contributed by atoms with Gasteiger partial charge in [0, 0.05) is 11.4 Å². The lowest BCUT2D eigenvalue weighted by atomic mass is 10.0. The zero-order valence-electron chi connectivity index (χ0n) is 21.2. The van der Waals surface area contributed by atoms with Crippen LogP contribution in [0.15, 0.2) is 82.3 Å². The summed E-state index contributed by atoms with van der Waals surface area (Å²) in [5.74, 6) is 0.612. The number of thioether (sulfide) groups is 2. The highest BCUT2D eigenvalue weighted by molar-refractivity contribution is 8.01. The fourth-order valence-corrected chi connectivity index (χ4v) is 6.24. The Labute approximate surface area is 237 Å². The molecule has 2 amide bonds. The van der Waals surface area contributed by atoms with Gasteiger partial charge in [-0.15, -0.1) is 16.4 Å². The second-order valence-corrected chi connectivity index (χ2v) is 12.0. The van der Waals surface area contributed by atoms with Crippen molar-refractivity contribution in [2.45, 2.75) is 29.3 Å². The number of carbonyl (C=O) groups is 2. The van der Waals surface area contributed by atoms with Crippen molar-refractivity contribution in [1.82, 2.24) is 25.2 Å². The van der Waals surface area contributed by atoms with Crippen molar-refractivity contribution in [2.75, 3.05) is 22.1 Å². The molecule has 0 aliphatic rings. The first kappa shape index (κ1) is 26.9. The number of hydrogen-bond donors (Lipinski definition) is 2. The molecule has 2 heterocycles. The quantitative estimate of drug-likeness (QED) is 0.199. The van der Waals surface area contributed by atoms with Crippen molar-refractivity contribution >= 4 is 68.3 Å². The van der Waals surface area contributed by atoms with Gasteiger partial charge in [-0.1, -0.05) is 67.7 Å². The van der Waals surface area contributed by atoms with E-state index in [4.69, 9.17) is 0 Å². The number of thiazole rings is 1. The normalized spacial score (nSPS) is 11.2. The standard InChI is InChI=1S/C27H25N7O2S3/c1-17(2)18-8-10-19(11-9-18)28-25(36)16-38-27-30-22-13-12-20(14-23(22)39-27)29-24(35)15-37-26-31-32-33-34(26)21-6-4-3-5-7-21/h3-14,17H,15-16H2,1-2H3,(H,28,36)(H,29,35). The van der Waals surface area contributed by atoms with E-state index in [2.05, 4.69) is 45.0 Å². The van der Waals surface area contributed by atoms with Crippen LogP contribution in [-0.2, 0) is 9.59 Å².